The highest BCUT2D eigenvalue weighted by atomic mass is 16.5. The van der Waals surface area contributed by atoms with Crippen LogP contribution in [0, 0.1) is 11.3 Å². The van der Waals surface area contributed by atoms with E-state index in [9.17, 15) is 0 Å². The second-order valence-electron chi connectivity index (χ2n) is 6.20. The summed E-state index contributed by atoms with van der Waals surface area (Å²) in [6.45, 7) is 13.5. The maximum atomic E-state index is 5.66. The van der Waals surface area contributed by atoms with Gasteiger partial charge in [-0.15, -0.1) is 0 Å². The monoisotopic (exact) mass is 240 g/mol. The van der Waals surface area contributed by atoms with E-state index in [2.05, 4.69) is 31.0 Å². The smallest absolute Gasteiger partial charge is 0.0547 e. The molecule has 3 unspecified atom stereocenters. The number of nitrogens with one attached hydrogen (secondary N) is 1. The molecule has 100 valence electrons. The molecule has 2 aliphatic rings. The first-order valence-electron chi connectivity index (χ1n) is 7.18. The predicted molar refractivity (Wildman–Crippen MR) is 71.2 cm³/mol. The van der Waals surface area contributed by atoms with Crippen LogP contribution in [0.25, 0.3) is 0 Å². The molecule has 0 aromatic carbocycles. The lowest BCUT2D eigenvalue weighted by Gasteiger charge is -2.34. The van der Waals surface area contributed by atoms with Crippen LogP contribution in [-0.4, -0.2) is 50.3 Å². The van der Waals surface area contributed by atoms with Gasteiger partial charge < -0.3 is 10.1 Å². The molecule has 3 nitrogen and oxygen atoms in total. The fourth-order valence-electron chi connectivity index (χ4n) is 3.40. The van der Waals surface area contributed by atoms with E-state index in [1.807, 2.05) is 0 Å². The Balaban J connectivity index is 1.93. The minimum Gasteiger partial charge on any atom is -0.381 e. The highest BCUT2D eigenvalue weighted by Crippen LogP contribution is 2.33. The predicted octanol–water partition coefficient (Wildman–Crippen LogP) is 1.73. The van der Waals surface area contributed by atoms with Gasteiger partial charge >= 0.3 is 0 Å². The highest BCUT2D eigenvalue weighted by Gasteiger charge is 2.39. The molecule has 2 heterocycles. The summed E-state index contributed by atoms with van der Waals surface area (Å²) in [7, 11) is 0. The minimum atomic E-state index is 0.369. The van der Waals surface area contributed by atoms with E-state index in [0.29, 0.717) is 5.41 Å². The van der Waals surface area contributed by atoms with Crippen molar-refractivity contribution < 1.29 is 4.74 Å². The van der Waals surface area contributed by atoms with Gasteiger partial charge in [-0.05, 0) is 32.2 Å². The molecule has 3 atom stereocenters. The Morgan fingerprint density at radius 3 is 2.76 bits per heavy atom. The summed E-state index contributed by atoms with van der Waals surface area (Å²) < 4.78 is 5.66. The lowest BCUT2D eigenvalue weighted by Crippen LogP contribution is -2.45. The number of nitrogens with zero attached hydrogens (tertiary/aromatic N) is 1. The number of hydrogen-bond acceptors (Lipinski definition) is 3. The molecule has 2 saturated heterocycles. The minimum absolute atomic E-state index is 0.369. The lowest BCUT2D eigenvalue weighted by atomic mass is 9.86. The van der Waals surface area contributed by atoms with Gasteiger partial charge in [0.25, 0.3) is 0 Å². The summed E-state index contributed by atoms with van der Waals surface area (Å²) in [5.74, 6) is 0.864. The van der Waals surface area contributed by atoms with Gasteiger partial charge in [-0.2, -0.15) is 0 Å². The van der Waals surface area contributed by atoms with Crippen LogP contribution in [0.15, 0.2) is 0 Å². The summed E-state index contributed by atoms with van der Waals surface area (Å²) in [5, 5.41) is 3.52. The van der Waals surface area contributed by atoms with E-state index in [-0.39, 0.29) is 0 Å². The van der Waals surface area contributed by atoms with Crippen LogP contribution in [0.4, 0.5) is 0 Å². The first kappa shape index (κ1) is 13.3. The van der Waals surface area contributed by atoms with Crippen molar-refractivity contribution in [3.63, 3.8) is 0 Å². The number of hydrogen-bond donors (Lipinski definition) is 1. The van der Waals surface area contributed by atoms with E-state index in [0.717, 1.165) is 38.3 Å². The largest absolute Gasteiger partial charge is 0.381 e. The first-order valence-corrected chi connectivity index (χ1v) is 7.18. The summed E-state index contributed by atoms with van der Waals surface area (Å²) in [5.41, 5.74) is 0.369. The zero-order chi connectivity index (χ0) is 12.3. The molecule has 0 aliphatic carbocycles. The van der Waals surface area contributed by atoms with Gasteiger partial charge in [-0.25, -0.2) is 0 Å². The van der Waals surface area contributed by atoms with Gasteiger partial charge in [0, 0.05) is 37.7 Å². The van der Waals surface area contributed by atoms with Gasteiger partial charge in [0.15, 0.2) is 0 Å². The molecule has 2 fully saturated rings. The van der Waals surface area contributed by atoms with E-state index < -0.39 is 0 Å². The Morgan fingerprint density at radius 1 is 1.41 bits per heavy atom. The summed E-state index contributed by atoms with van der Waals surface area (Å²) in [6, 6.07) is 0.754. The van der Waals surface area contributed by atoms with E-state index in [1.165, 1.54) is 25.9 Å². The van der Waals surface area contributed by atoms with Crippen molar-refractivity contribution in [2.75, 3.05) is 39.4 Å². The second kappa shape index (κ2) is 5.68. The molecule has 0 bridgehead atoms. The average molecular weight is 240 g/mol. The molecule has 2 aliphatic heterocycles. The number of likely N-dealkylation sites (tertiary alicyclic amines) is 1. The topological polar surface area (TPSA) is 24.5 Å². The molecular formula is C14H28N2O. The van der Waals surface area contributed by atoms with Crippen LogP contribution >= 0.6 is 0 Å². The SMILES string of the molecule is CCNCC1(CN2CC(C)CC2C)CCOC1. The summed E-state index contributed by atoms with van der Waals surface area (Å²) in [6.07, 6.45) is 2.58. The van der Waals surface area contributed by atoms with Crippen LogP contribution < -0.4 is 5.32 Å². The molecule has 3 heteroatoms. The molecule has 1 N–H and O–H groups in total. The van der Waals surface area contributed by atoms with Crippen molar-refractivity contribution in [1.29, 1.82) is 0 Å². The first-order chi connectivity index (χ1) is 8.15. The molecule has 0 saturated carbocycles. The molecular weight excluding hydrogens is 212 g/mol. The Labute approximate surface area is 106 Å². The number of rotatable bonds is 5. The summed E-state index contributed by atoms with van der Waals surface area (Å²) in [4.78, 5) is 2.68. The van der Waals surface area contributed by atoms with Crippen molar-refractivity contribution in [1.82, 2.24) is 10.2 Å². The third-order valence-electron chi connectivity index (χ3n) is 4.39. The van der Waals surface area contributed by atoms with E-state index >= 15 is 0 Å². The molecule has 17 heavy (non-hydrogen) atoms. The van der Waals surface area contributed by atoms with Gasteiger partial charge in [-0.3, -0.25) is 4.90 Å². The molecule has 0 aromatic heterocycles. The Hall–Kier alpha value is -0.120. The van der Waals surface area contributed by atoms with Crippen molar-refractivity contribution in [3.05, 3.63) is 0 Å². The van der Waals surface area contributed by atoms with Crippen LogP contribution in [0.1, 0.15) is 33.6 Å². The van der Waals surface area contributed by atoms with Crippen molar-refractivity contribution in [2.45, 2.75) is 39.7 Å². The van der Waals surface area contributed by atoms with Crippen LogP contribution in [0.5, 0.6) is 0 Å². The summed E-state index contributed by atoms with van der Waals surface area (Å²) >= 11 is 0. The zero-order valence-electron chi connectivity index (χ0n) is 11.7. The van der Waals surface area contributed by atoms with Gasteiger partial charge in [-0.1, -0.05) is 13.8 Å². The molecule has 0 aromatic rings. The molecule has 0 amide bonds. The normalized spacial score (nSPS) is 39.0. The standard InChI is InChI=1S/C14H28N2O/c1-4-15-9-14(5-6-17-11-14)10-16-8-12(2)7-13(16)3/h12-13,15H,4-11H2,1-3H3. The van der Waals surface area contributed by atoms with E-state index in [1.54, 1.807) is 0 Å². The highest BCUT2D eigenvalue weighted by molar-refractivity contribution is 4.92. The Kier molecular flexibility index (Phi) is 4.45. The fraction of sp³-hybridized carbons (Fsp3) is 1.00. The van der Waals surface area contributed by atoms with Crippen molar-refractivity contribution in [2.24, 2.45) is 11.3 Å². The average Bonchev–Trinajstić information content (AvgIpc) is 2.85. The zero-order valence-corrected chi connectivity index (χ0v) is 11.7. The number of ether oxygens (including phenoxy) is 1. The maximum Gasteiger partial charge on any atom is 0.0547 e. The quantitative estimate of drug-likeness (QED) is 0.792. The lowest BCUT2D eigenvalue weighted by molar-refractivity contribution is 0.105. The molecule has 0 spiro atoms. The third kappa shape index (κ3) is 3.21. The van der Waals surface area contributed by atoms with Gasteiger partial charge in [0.2, 0.25) is 0 Å². The Bertz CT molecular complexity index is 238. The Morgan fingerprint density at radius 2 is 2.24 bits per heavy atom. The fourth-order valence-corrected chi connectivity index (χ4v) is 3.40. The van der Waals surface area contributed by atoms with E-state index in [4.69, 9.17) is 4.74 Å². The van der Waals surface area contributed by atoms with Crippen LogP contribution in [-0.2, 0) is 4.74 Å². The molecule has 0 radical (unpaired) electrons. The van der Waals surface area contributed by atoms with Gasteiger partial charge in [0.05, 0.1) is 6.61 Å². The second-order valence-corrected chi connectivity index (χ2v) is 6.20. The van der Waals surface area contributed by atoms with Crippen molar-refractivity contribution >= 4 is 0 Å². The maximum absolute atomic E-state index is 5.66. The van der Waals surface area contributed by atoms with Crippen LogP contribution in [0.2, 0.25) is 0 Å². The third-order valence-corrected chi connectivity index (χ3v) is 4.39. The van der Waals surface area contributed by atoms with Crippen molar-refractivity contribution in [3.8, 4) is 0 Å². The van der Waals surface area contributed by atoms with Crippen LogP contribution in [0.3, 0.4) is 0 Å². The van der Waals surface area contributed by atoms with Gasteiger partial charge in [0.1, 0.15) is 0 Å². The molecule has 2 rings (SSSR count).